The van der Waals surface area contributed by atoms with Crippen LogP contribution in [0.25, 0.3) is 11.0 Å². The van der Waals surface area contributed by atoms with Crippen LogP contribution in [0, 0.1) is 17.8 Å². The van der Waals surface area contributed by atoms with Crippen LogP contribution in [0.15, 0.2) is 39.5 Å². The molecule has 1 saturated carbocycles. The summed E-state index contributed by atoms with van der Waals surface area (Å²) in [5.74, 6) is -0.447. The van der Waals surface area contributed by atoms with Gasteiger partial charge in [0.15, 0.2) is 12.0 Å². The van der Waals surface area contributed by atoms with Crippen LogP contribution >= 0.6 is 0 Å². The molecule has 0 spiro atoms. The van der Waals surface area contributed by atoms with Crippen molar-refractivity contribution in [3.8, 4) is 0 Å². The van der Waals surface area contributed by atoms with Crippen LogP contribution in [0.1, 0.15) is 50.6 Å². The third-order valence-electron chi connectivity index (χ3n) is 5.40. The molecule has 6 heteroatoms. The topological polar surface area (TPSA) is 82.8 Å². The molecule has 2 aromatic rings. The van der Waals surface area contributed by atoms with Gasteiger partial charge in [0.1, 0.15) is 11.7 Å². The Labute approximate surface area is 163 Å². The van der Waals surface area contributed by atoms with Crippen molar-refractivity contribution in [2.45, 2.75) is 46.1 Å². The van der Waals surface area contributed by atoms with E-state index in [1.165, 1.54) is 0 Å². The first kappa shape index (κ1) is 20.1. The molecule has 0 N–H and O–H groups in total. The Morgan fingerprint density at radius 2 is 1.96 bits per heavy atom. The Kier molecular flexibility index (Phi) is 6.17. The summed E-state index contributed by atoms with van der Waals surface area (Å²) < 4.78 is 16.0. The quantitative estimate of drug-likeness (QED) is 0.724. The molecule has 1 aromatic heterocycles. The number of rotatable bonds is 5. The van der Waals surface area contributed by atoms with Crippen LogP contribution in [0.2, 0.25) is 0 Å². The lowest BCUT2D eigenvalue weighted by Crippen LogP contribution is -2.36. The predicted octanol–water partition coefficient (Wildman–Crippen LogP) is 3.95. The van der Waals surface area contributed by atoms with Crippen molar-refractivity contribution >= 4 is 22.9 Å². The van der Waals surface area contributed by atoms with Gasteiger partial charge in [-0.05, 0) is 42.7 Å². The third-order valence-corrected chi connectivity index (χ3v) is 5.40. The van der Waals surface area contributed by atoms with E-state index in [1.54, 1.807) is 24.3 Å². The number of esters is 2. The third kappa shape index (κ3) is 4.61. The SMILES string of the molecule is CC(C)[C@H]1CC[C@H](C)C[C@H]1OC(=O)COC(=O)c1cc(=O)c2ccccc2o1. The summed E-state index contributed by atoms with van der Waals surface area (Å²) in [6.45, 7) is 5.90. The minimum absolute atomic E-state index is 0.159. The van der Waals surface area contributed by atoms with Crippen molar-refractivity contribution in [2.24, 2.45) is 17.8 Å². The molecular formula is C22H26O6. The second-order valence-corrected chi connectivity index (χ2v) is 7.90. The van der Waals surface area contributed by atoms with E-state index < -0.39 is 18.5 Å². The molecular weight excluding hydrogens is 360 g/mol. The van der Waals surface area contributed by atoms with Crippen molar-refractivity contribution in [1.29, 1.82) is 0 Å². The van der Waals surface area contributed by atoms with E-state index in [4.69, 9.17) is 13.9 Å². The standard InChI is InChI=1S/C22H26O6/c1-13(2)15-9-8-14(3)10-19(15)28-21(24)12-26-22(25)20-11-17(23)16-6-4-5-7-18(16)27-20/h4-7,11,13-15,19H,8-10,12H2,1-3H3/t14-,15+,19+/m0/s1. The van der Waals surface area contributed by atoms with Gasteiger partial charge in [-0.2, -0.15) is 0 Å². The normalized spacial score (nSPS) is 22.2. The van der Waals surface area contributed by atoms with E-state index in [-0.39, 0.29) is 17.3 Å². The average molecular weight is 386 g/mol. The Bertz CT molecular complexity index is 913. The molecule has 1 fully saturated rings. The monoisotopic (exact) mass is 386 g/mol. The largest absolute Gasteiger partial charge is 0.460 e. The van der Waals surface area contributed by atoms with Crippen molar-refractivity contribution in [3.63, 3.8) is 0 Å². The minimum atomic E-state index is -0.864. The zero-order chi connectivity index (χ0) is 20.3. The fourth-order valence-electron chi connectivity index (χ4n) is 3.85. The van der Waals surface area contributed by atoms with Gasteiger partial charge in [0, 0.05) is 6.07 Å². The van der Waals surface area contributed by atoms with Gasteiger partial charge >= 0.3 is 11.9 Å². The maximum Gasteiger partial charge on any atom is 0.374 e. The van der Waals surface area contributed by atoms with Gasteiger partial charge in [-0.25, -0.2) is 9.59 Å². The van der Waals surface area contributed by atoms with Gasteiger partial charge < -0.3 is 13.9 Å². The zero-order valence-corrected chi connectivity index (χ0v) is 16.5. The Morgan fingerprint density at radius 1 is 1.21 bits per heavy atom. The summed E-state index contributed by atoms with van der Waals surface area (Å²) in [6.07, 6.45) is 2.82. The van der Waals surface area contributed by atoms with Crippen molar-refractivity contribution < 1.29 is 23.5 Å². The average Bonchev–Trinajstić information content (AvgIpc) is 2.66. The Morgan fingerprint density at radius 3 is 2.71 bits per heavy atom. The summed E-state index contributed by atoms with van der Waals surface area (Å²) in [4.78, 5) is 36.5. The number of fused-ring (bicyclic) bond motifs is 1. The van der Waals surface area contributed by atoms with E-state index in [2.05, 4.69) is 20.8 Å². The van der Waals surface area contributed by atoms with E-state index in [0.717, 1.165) is 25.3 Å². The molecule has 0 bridgehead atoms. The number of carbonyl (C=O) groups is 2. The maximum absolute atomic E-state index is 12.2. The molecule has 150 valence electrons. The molecule has 0 unspecified atom stereocenters. The molecule has 1 aliphatic carbocycles. The van der Waals surface area contributed by atoms with Gasteiger partial charge in [-0.3, -0.25) is 4.79 Å². The molecule has 0 aliphatic heterocycles. The summed E-state index contributed by atoms with van der Waals surface area (Å²) in [7, 11) is 0. The van der Waals surface area contributed by atoms with Crippen molar-refractivity contribution in [2.75, 3.05) is 6.61 Å². The molecule has 0 amide bonds. The van der Waals surface area contributed by atoms with E-state index in [0.29, 0.717) is 28.7 Å². The smallest absolute Gasteiger partial charge is 0.374 e. The molecule has 0 saturated heterocycles. The van der Waals surface area contributed by atoms with Crippen LogP contribution in [-0.4, -0.2) is 24.6 Å². The summed E-state index contributed by atoms with van der Waals surface area (Å²) in [5.41, 5.74) is -0.0483. The lowest BCUT2D eigenvalue weighted by molar-refractivity contribution is -0.159. The number of para-hydroxylation sites is 1. The minimum Gasteiger partial charge on any atom is -0.460 e. The van der Waals surface area contributed by atoms with Gasteiger partial charge in [-0.15, -0.1) is 0 Å². The van der Waals surface area contributed by atoms with Crippen molar-refractivity contribution in [3.05, 3.63) is 46.3 Å². The van der Waals surface area contributed by atoms with Gasteiger partial charge in [0.25, 0.3) is 0 Å². The maximum atomic E-state index is 12.2. The zero-order valence-electron chi connectivity index (χ0n) is 16.5. The van der Waals surface area contributed by atoms with Gasteiger partial charge in [-0.1, -0.05) is 39.3 Å². The molecule has 28 heavy (non-hydrogen) atoms. The number of hydrogen-bond acceptors (Lipinski definition) is 6. The number of hydrogen-bond donors (Lipinski definition) is 0. The molecule has 1 aliphatic rings. The van der Waals surface area contributed by atoms with E-state index in [9.17, 15) is 14.4 Å². The molecule has 1 aromatic carbocycles. The highest BCUT2D eigenvalue weighted by Gasteiger charge is 2.33. The van der Waals surface area contributed by atoms with Crippen LogP contribution < -0.4 is 5.43 Å². The van der Waals surface area contributed by atoms with Crippen LogP contribution in [0.5, 0.6) is 0 Å². The molecule has 0 radical (unpaired) electrons. The Balaban J connectivity index is 1.61. The fraction of sp³-hybridized carbons (Fsp3) is 0.500. The second-order valence-electron chi connectivity index (χ2n) is 7.90. The highest BCUT2D eigenvalue weighted by molar-refractivity contribution is 5.90. The molecule has 1 heterocycles. The van der Waals surface area contributed by atoms with Crippen LogP contribution in [0.4, 0.5) is 0 Å². The molecule has 3 atom stereocenters. The summed E-state index contributed by atoms with van der Waals surface area (Å²) in [5, 5.41) is 0.379. The highest BCUT2D eigenvalue weighted by Crippen LogP contribution is 2.35. The van der Waals surface area contributed by atoms with E-state index >= 15 is 0 Å². The first-order valence-corrected chi connectivity index (χ1v) is 9.74. The highest BCUT2D eigenvalue weighted by atomic mass is 16.6. The number of carbonyl (C=O) groups excluding carboxylic acids is 2. The first-order valence-electron chi connectivity index (χ1n) is 9.74. The summed E-state index contributed by atoms with van der Waals surface area (Å²) in [6, 6.07) is 7.70. The summed E-state index contributed by atoms with van der Waals surface area (Å²) >= 11 is 0. The van der Waals surface area contributed by atoms with Crippen LogP contribution in [-0.2, 0) is 14.3 Å². The lowest BCUT2D eigenvalue weighted by atomic mass is 9.75. The van der Waals surface area contributed by atoms with Gasteiger partial charge in [0.05, 0.1) is 5.39 Å². The molecule has 6 nitrogen and oxygen atoms in total. The van der Waals surface area contributed by atoms with Gasteiger partial charge in [0.2, 0.25) is 5.76 Å². The Hall–Kier alpha value is -2.63. The number of ether oxygens (including phenoxy) is 2. The molecule has 3 rings (SSSR count). The second kappa shape index (κ2) is 8.59. The van der Waals surface area contributed by atoms with E-state index in [1.807, 2.05) is 0 Å². The fourth-order valence-corrected chi connectivity index (χ4v) is 3.85. The number of benzene rings is 1. The lowest BCUT2D eigenvalue weighted by Gasteiger charge is -2.36. The first-order chi connectivity index (χ1) is 13.3. The van der Waals surface area contributed by atoms with Crippen LogP contribution in [0.3, 0.4) is 0 Å². The predicted molar refractivity (Wildman–Crippen MR) is 104 cm³/mol. The van der Waals surface area contributed by atoms with Crippen molar-refractivity contribution in [1.82, 2.24) is 0 Å².